The molecule has 1 amide bonds. The van der Waals surface area contributed by atoms with Crippen molar-refractivity contribution in [2.75, 3.05) is 27.3 Å². The fourth-order valence-corrected chi connectivity index (χ4v) is 3.60. The van der Waals surface area contributed by atoms with E-state index in [-0.39, 0.29) is 23.8 Å². The molecule has 1 aliphatic carbocycles. The first-order chi connectivity index (χ1) is 11.1. The Morgan fingerprint density at radius 2 is 2.26 bits per heavy atom. The number of fused-ring (bicyclic) bond motifs is 1. The van der Waals surface area contributed by atoms with Crippen molar-refractivity contribution < 1.29 is 19.4 Å². The lowest BCUT2D eigenvalue weighted by molar-refractivity contribution is -0.131. The predicted molar refractivity (Wildman–Crippen MR) is 86.8 cm³/mol. The second kappa shape index (κ2) is 6.79. The van der Waals surface area contributed by atoms with Crippen LogP contribution < -0.4 is 9.47 Å². The molecule has 1 aromatic carbocycles. The molecule has 5 nitrogen and oxygen atoms in total. The van der Waals surface area contributed by atoms with E-state index < -0.39 is 0 Å². The van der Waals surface area contributed by atoms with Crippen molar-refractivity contribution in [3.63, 3.8) is 0 Å². The second-order valence-electron chi connectivity index (χ2n) is 6.65. The molecule has 2 aliphatic rings. The van der Waals surface area contributed by atoms with Gasteiger partial charge in [0, 0.05) is 43.5 Å². The van der Waals surface area contributed by atoms with Gasteiger partial charge in [-0.3, -0.25) is 4.79 Å². The molecule has 5 heteroatoms. The van der Waals surface area contributed by atoms with E-state index in [1.165, 1.54) is 0 Å². The molecule has 1 aliphatic heterocycles. The minimum Gasteiger partial charge on any atom is -0.497 e. The van der Waals surface area contributed by atoms with E-state index >= 15 is 0 Å². The third-order valence-corrected chi connectivity index (χ3v) is 5.07. The van der Waals surface area contributed by atoms with Crippen LogP contribution in [0.4, 0.5) is 0 Å². The summed E-state index contributed by atoms with van der Waals surface area (Å²) in [6.07, 6.45) is 3.11. The summed E-state index contributed by atoms with van der Waals surface area (Å²) in [7, 11) is 3.46. The van der Waals surface area contributed by atoms with E-state index in [9.17, 15) is 9.90 Å². The van der Waals surface area contributed by atoms with Crippen molar-refractivity contribution in [2.45, 2.75) is 37.7 Å². The third kappa shape index (κ3) is 3.44. The maximum atomic E-state index is 12.5. The maximum Gasteiger partial charge on any atom is 0.223 e. The van der Waals surface area contributed by atoms with Gasteiger partial charge in [0.05, 0.1) is 19.8 Å². The van der Waals surface area contributed by atoms with Crippen molar-refractivity contribution in [3.05, 3.63) is 23.8 Å². The number of aliphatic hydroxyl groups is 1. The molecule has 1 heterocycles. The van der Waals surface area contributed by atoms with E-state index in [1.807, 2.05) is 25.2 Å². The summed E-state index contributed by atoms with van der Waals surface area (Å²) in [6.45, 7) is 1.18. The Hall–Kier alpha value is -1.75. The average molecular weight is 319 g/mol. The third-order valence-electron chi connectivity index (χ3n) is 5.07. The van der Waals surface area contributed by atoms with Gasteiger partial charge in [0.1, 0.15) is 11.5 Å². The number of nitrogens with zero attached hydrogens (tertiary/aromatic N) is 1. The Bertz CT molecular complexity index is 574. The highest BCUT2D eigenvalue weighted by Crippen LogP contribution is 2.38. The molecule has 3 atom stereocenters. The molecule has 0 radical (unpaired) electrons. The van der Waals surface area contributed by atoms with Crippen LogP contribution in [0.15, 0.2) is 18.2 Å². The van der Waals surface area contributed by atoms with Gasteiger partial charge >= 0.3 is 0 Å². The van der Waals surface area contributed by atoms with Crippen molar-refractivity contribution in [1.29, 1.82) is 0 Å². The van der Waals surface area contributed by atoms with Crippen LogP contribution in [-0.4, -0.2) is 49.3 Å². The number of benzene rings is 1. The molecule has 1 N–H and O–H groups in total. The zero-order valence-electron chi connectivity index (χ0n) is 13.8. The van der Waals surface area contributed by atoms with Crippen molar-refractivity contribution in [1.82, 2.24) is 4.90 Å². The van der Waals surface area contributed by atoms with Crippen molar-refractivity contribution in [3.8, 4) is 11.5 Å². The summed E-state index contributed by atoms with van der Waals surface area (Å²) in [4.78, 5) is 14.3. The zero-order valence-corrected chi connectivity index (χ0v) is 13.8. The fraction of sp³-hybridized carbons (Fsp3) is 0.611. The first kappa shape index (κ1) is 16.1. The Morgan fingerprint density at radius 1 is 1.43 bits per heavy atom. The molecule has 0 bridgehead atoms. The van der Waals surface area contributed by atoms with Gasteiger partial charge in [-0.2, -0.15) is 0 Å². The molecule has 0 saturated heterocycles. The lowest BCUT2D eigenvalue weighted by atomic mass is 9.96. The van der Waals surface area contributed by atoms with Crippen LogP contribution >= 0.6 is 0 Å². The van der Waals surface area contributed by atoms with Crippen molar-refractivity contribution >= 4 is 5.91 Å². The van der Waals surface area contributed by atoms with Crippen LogP contribution in [0.5, 0.6) is 11.5 Å². The minimum atomic E-state index is -0.256. The van der Waals surface area contributed by atoms with E-state index in [2.05, 4.69) is 0 Å². The molecule has 1 fully saturated rings. The first-order valence-corrected chi connectivity index (χ1v) is 8.31. The number of methoxy groups -OCH3 is 1. The molecular weight excluding hydrogens is 294 g/mol. The predicted octanol–water partition coefficient (Wildman–Crippen LogP) is 2.18. The number of amides is 1. The summed E-state index contributed by atoms with van der Waals surface area (Å²) in [5.41, 5.74) is 1.08. The normalized spacial score (nSPS) is 25.8. The van der Waals surface area contributed by atoms with Crippen molar-refractivity contribution in [2.24, 2.45) is 5.92 Å². The summed E-state index contributed by atoms with van der Waals surface area (Å²) in [5.74, 6) is 2.01. The van der Waals surface area contributed by atoms with E-state index in [1.54, 1.807) is 12.0 Å². The molecule has 0 spiro atoms. The average Bonchev–Trinajstić information content (AvgIpc) is 3.13. The van der Waals surface area contributed by atoms with Gasteiger partial charge in [-0.15, -0.1) is 0 Å². The summed E-state index contributed by atoms with van der Waals surface area (Å²) in [5, 5.41) is 9.91. The molecule has 126 valence electrons. The highest BCUT2D eigenvalue weighted by Gasteiger charge is 2.30. The topological polar surface area (TPSA) is 59.0 Å². The number of carbonyl (C=O) groups is 1. The molecule has 3 rings (SSSR count). The molecule has 23 heavy (non-hydrogen) atoms. The van der Waals surface area contributed by atoms with Crippen LogP contribution in [0.25, 0.3) is 0 Å². The highest BCUT2D eigenvalue weighted by molar-refractivity contribution is 5.77. The molecule has 1 aromatic rings. The molecule has 3 unspecified atom stereocenters. The summed E-state index contributed by atoms with van der Waals surface area (Å²) in [6, 6.07) is 5.77. The second-order valence-corrected chi connectivity index (χ2v) is 6.65. The van der Waals surface area contributed by atoms with Gasteiger partial charge < -0.3 is 19.5 Å². The lowest BCUT2D eigenvalue weighted by Crippen LogP contribution is -2.35. The number of aliphatic hydroxyl groups excluding tert-OH is 1. The van der Waals surface area contributed by atoms with Gasteiger partial charge in [-0.05, 0) is 18.9 Å². The fourth-order valence-electron chi connectivity index (χ4n) is 3.60. The summed E-state index contributed by atoms with van der Waals surface area (Å²) >= 11 is 0. The summed E-state index contributed by atoms with van der Waals surface area (Å²) < 4.78 is 10.9. The van der Waals surface area contributed by atoms with Gasteiger partial charge in [-0.25, -0.2) is 0 Å². The highest BCUT2D eigenvalue weighted by atomic mass is 16.5. The van der Waals surface area contributed by atoms with E-state index in [4.69, 9.17) is 9.47 Å². The Balaban J connectivity index is 1.59. The van der Waals surface area contributed by atoms with Gasteiger partial charge in [0.25, 0.3) is 0 Å². The number of ether oxygens (including phenoxy) is 2. The Kier molecular flexibility index (Phi) is 4.76. The smallest absolute Gasteiger partial charge is 0.223 e. The number of hydrogen-bond acceptors (Lipinski definition) is 4. The van der Waals surface area contributed by atoms with Gasteiger partial charge in [0.2, 0.25) is 5.91 Å². The molecular formula is C18H25NO4. The largest absolute Gasteiger partial charge is 0.497 e. The maximum absolute atomic E-state index is 12.5. The minimum absolute atomic E-state index is 0.0966. The quantitative estimate of drug-likeness (QED) is 0.904. The van der Waals surface area contributed by atoms with Gasteiger partial charge in [0.15, 0.2) is 0 Å². The Morgan fingerprint density at radius 3 is 2.96 bits per heavy atom. The number of carbonyl (C=O) groups excluding carboxylic acids is 1. The van der Waals surface area contributed by atoms with E-state index in [0.29, 0.717) is 19.6 Å². The molecule has 0 aromatic heterocycles. The molecule has 1 saturated carbocycles. The van der Waals surface area contributed by atoms with Crippen LogP contribution in [-0.2, 0) is 4.79 Å². The van der Waals surface area contributed by atoms with Crippen LogP contribution in [0.3, 0.4) is 0 Å². The lowest BCUT2D eigenvalue weighted by Gasteiger charge is -2.24. The SMILES string of the molecule is COc1ccc2c(c1)OCC2CC(=O)N(C)CC1CCCC1O. The Labute approximate surface area is 137 Å². The standard InChI is InChI=1S/C18H25NO4/c1-19(10-12-4-3-5-16(12)20)18(21)8-13-11-23-17-9-14(22-2)6-7-15(13)17/h6-7,9,12-13,16,20H,3-5,8,10-11H2,1-2H3. The zero-order chi connectivity index (χ0) is 16.4. The number of hydrogen-bond donors (Lipinski definition) is 1. The van der Waals surface area contributed by atoms with Crippen LogP contribution in [0, 0.1) is 5.92 Å². The monoisotopic (exact) mass is 319 g/mol. The first-order valence-electron chi connectivity index (χ1n) is 8.31. The van der Waals surface area contributed by atoms with Crippen LogP contribution in [0.2, 0.25) is 0 Å². The van der Waals surface area contributed by atoms with Gasteiger partial charge in [-0.1, -0.05) is 12.5 Å². The number of rotatable bonds is 5. The van der Waals surface area contributed by atoms with Crippen LogP contribution in [0.1, 0.15) is 37.2 Å². The van der Waals surface area contributed by atoms with E-state index in [0.717, 1.165) is 36.3 Å².